The molecule has 0 radical (unpaired) electrons. The summed E-state index contributed by atoms with van der Waals surface area (Å²) >= 11 is 3.27. The number of hydrogen-bond donors (Lipinski definition) is 1. The minimum atomic E-state index is -0.911. The monoisotopic (exact) mass is 542 g/mol. The summed E-state index contributed by atoms with van der Waals surface area (Å²) in [7, 11) is 0. The Kier molecular flexibility index (Phi) is 9.84. The Morgan fingerprint density at radius 3 is 2.46 bits per heavy atom. The predicted octanol–water partition coefficient (Wildman–Crippen LogP) is 7.09. The molecule has 37 heavy (non-hydrogen) atoms. The normalized spacial score (nSPS) is 17.1. The number of hydrogen-bond acceptors (Lipinski definition) is 6. The molecule has 2 aromatic heterocycles. The van der Waals surface area contributed by atoms with E-state index in [-0.39, 0.29) is 29.6 Å². The number of nitrogens with zero attached hydrogens (tertiary/aromatic N) is 2. The van der Waals surface area contributed by atoms with Crippen molar-refractivity contribution in [3.8, 4) is 17.0 Å². The Morgan fingerprint density at radius 2 is 1.76 bits per heavy atom. The third-order valence-electron chi connectivity index (χ3n) is 6.71. The number of ether oxygens (including phenoxy) is 1. The van der Waals surface area contributed by atoms with Crippen LogP contribution in [0.15, 0.2) is 71.4 Å². The van der Waals surface area contributed by atoms with Crippen LogP contribution in [0.5, 0.6) is 5.75 Å². The second kappa shape index (κ2) is 13.1. The number of carboxylic acid groups (broad SMARTS) is 1. The van der Waals surface area contributed by atoms with Gasteiger partial charge >= 0.3 is 35.5 Å². The van der Waals surface area contributed by atoms with Crippen molar-refractivity contribution in [3.05, 3.63) is 87.4 Å². The molecule has 0 aliphatic heterocycles. The van der Waals surface area contributed by atoms with Gasteiger partial charge in [-0.15, -0.1) is 22.7 Å². The van der Waals surface area contributed by atoms with Crippen molar-refractivity contribution < 1.29 is 14.6 Å². The topological polar surface area (TPSA) is 62.7 Å². The number of carboxylic acids is 1. The van der Waals surface area contributed by atoms with Gasteiger partial charge in [-0.1, -0.05) is 31.2 Å². The van der Waals surface area contributed by atoms with Crippen LogP contribution in [0.25, 0.3) is 11.3 Å². The van der Waals surface area contributed by atoms with Gasteiger partial charge in [0.25, 0.3) is 0 Å². The summed E-state index contributed by atoms with van der Waals surface area (Å²) in [5.74, 6) is 0.813. The summed E-state index contributed by atoms with van der Waals surface area (Å²) in [5.41, 5.74) is 3.06. The van der Waals surface area contributed by atoms with E-state index in [0.717, 1.165) is 46.5 Å². The number of thiophene rings is 1. The van der Waals surface area contributed by atoms with Crippen molar-refractivity contribution in [2.75, 3.05) is 4.90 Å². The summed E-state index contributed by atoms with van der Waals surface area (Å²) < 4.78 is 6.22. The minimum absolute atomic E-state index is 0. The number of anilines is 1. The molecule has 0 bridgehead atoms. The molecule has 5 rings (SSSR count). The van der Waals surface area contributed by atoms with E-state index in [4.69, 9.17) is 9.72 Å². The standard InChI is InChI=1S/C29H30N2O3S2.Na.H/c1-20-8-12-23(13-9-20)34-24-14-10-21(11-15-24)27-19-36-29(30-27)31(18-25-6-4-16-35-25)17-22-5-2-3-7-26(22)28(32)33;;/h2-7,10-11,14-16,19-20,23H,8-9,12-13,17-18H2,1H3,(H,32,33);;. The summed E-state index contributed by atoms with van der Waals surface area (Å²) in [6.45, 7) is 3.46. The molecule has 1 fully saturated rings. The predicted molar refractivity (Wildman–Crippen MR) is 154 cm³/mol. The summed E-state index contributed by atoms with van der Waals surface area (Å²) in [5, 5.41) is 14.7. The molecule has 0 unspecified atom stereocenters. The maximum atomic E-state index is 11.8. The zero-order valence-electron chi connectivity index (χ0n) is 20.3. The Balaban J connectivity index is 0.00000320. The van der Waals surface area contributed by atoms with Crippen molar-refractivity contribution in [2.45, 2.75) is 51.8 Å². The van der Waals surface area contributed by atoms with Crippen LogP contribution in [0.4, 0.5) is 5.13 Å². The number of rotatable bonds is 9. The van der Waals surface area contributed by atoms with E-state index < -0.39 is 5.97 Å². The Bertz CT molecular complexity index is 1280. The summed E-state index contributed by atoms with van der Waals surface area (Å²) in [4.78, 5) is 20.1. The zero-order chi connectivity index (χ0) is 24.9. The van der Waals surface area contributed by atoms with Crippen LogP contribution in [0, 0.1) is 5.92 Å². The number of aromatic carboxylic acids is 1. The van der Waals surface area contributed by atoms with Gasteiger partial charge in [-0.3, -0.25) is 0 Å². The van der Waals surface area contributed by atoms with Crippen molar-refractivity contribution in [1.29, 1.82) is 0 Å². The fraction of sp³-hybridized carbons (Fsp3) is 0.310. The average Bonchev–Trinajstić information content (AvgIpc) is 3.58. The van der Waals surface area contributed by atoms with Gasteiger partial charge in [-0.2, -0.15) is 0 Å². The third-order valence-corrected chi connectivity index (χ3v) is 8.48. The van der Waals surface area contributed by atoms with Crippen molar-refractivity contribution >= 4 is 63.3 Å². The van der Waals surface area contributed by atoms with E-state index >= 15 is 0 Å². The molecule has 1 aliphatic carbocycles. The van der Waals surface area contributed by atoms with Crippen molar-refractivity contribution in [3.63, 3.8) is 0 Å². The van der Waals surface area contributed by atoms with Crippen LogP contribution in [-0.4, -0.2) is 51.7 Å². The van der Waals surface area contributed by atoms with E-state index in [9.17, 15) is 9.90 Å². The summed E-state index contributed by atoms with van der Waals surface area (Å²) in [6, 6.07) is 19.5. The first-order valence-electron chi connectivity index (χ1n) is 12.4. The Morgan fingerprint density at radius 1 is 1.00 bits per heavy atom. The zero-order valence-corrected chi connectivity index (χ0v) is 21.9. The fourth-order valence-electron chi connectivity index (χ4n) is 4.64. The molecule has 188 valence electrons. The quantitative estimate of drug-likeness (QED) is 0.229. The van der Waals surface area contributed by atoms with E-state index in [1.807, 2.05) is 30.3 Å². The van der Waals surface area contributed by atoms with E-state index in [1.165, 1.54) is 17.7 Å². The van der Waals surface area contributed by atoms with Gasteiger partial charge in [0.15, 0.2) is 5.13 Å². The van der Waals surface area contributed by atoms with Gasteiger partial charge in [-0.05, 0) is 78.9 Å². The first-order valence-corrected chi connectivity index (χ1v) is 14.1. The summed E-state index contributed by atoms with van der Waals surface area (Å²) in [6.07, 6.45) is 5.05. The number of carbonyl (C=O) groups is 1. The molecule has 2 heterocycles. The Labute approximate surface area is 248 Å². The molecule has 1 saturated carbocycles. The molecule has 0 atom stereocenters. The van der Waals surface area contributed by atoms with Crippen LogP contribution in [0.3, 0.4) is 0 Å². The SMILES string of the molecule is CC1CCC(Oc2ccc(-c3csc(N(Cc4cccs4)Cc4ccccc4C(=O)O)n3)cc2)CC1.[NaH]. The van der Waals surface area contributed by atoms with Crippen molar-refractivity contribution in [2.24, 2.45) is 5.92 Å². The fourth-order valence-corrected chi connectivity index (χ4v) is 6.19. The van der Waals surface area contributed by atoms with Gasteiger partial charge < -0.3 is 14.7 Å². The molecule has 0 saturated heterocycles. The van der Waals surface area contributed by atoms with Gasteiger partial charge in [0, 0.05) is 22.4 Å². The second-order valence-electron chi connectivity index (χ2n) is 9.44. The first-order chi connectivity index (χ1) is 17.5. The molecule has 4 aromatic rings. The molecule has 5 nitrogen and oxygen atoms in total. The average molecular weight is 543 g/mol. The molecule has 1 aliphatic rings. The molecular weight excluding hydrogens is 511 g/mol. The van der Waals surface area contributed by atoms with Crippen LogP contribution in [0.2, 0.25) is 0 Å². The first kappa shape index (κ1) is 27.9. The molecule has 0 spiro atoms. The van der Waals surface area contributed by atoms with E-state index in [0.29, 0.717) is 24.8 Å². The molecule has 2 aromatic carbocycles. The van der Waals surface area contributed by atoms with Crippen LogP contribution in [-0.2, 0) is 13.1 Å². The molecule has 8 heteroatoms. The number of aromatic nitrogens is 1. The van der Waals surface area contributed by atoms with Gasteiger partial charge in [-0.25, -0.2) is 9.78 Å². The van der Waals surface area contributed by atoms with Crippen molar-refractivity contribution in [1.82, 2.24) is 4.98 Å². The second-order valence-corrected chi connectivity index (χ2v) is 11.3. The van der Waals surface area contributed by atoms with Crippen LogP contribution >= 0.6 is 22.7 Å². The number of benzene rings is 2. The van der Waals surface area contributed by atoms with Gasteiger partial charge in [0.1, 0.15) is 5.75 Å². The van der Waals surface area contributed by atoms with Gasteiger partial charge in [0.2, 0.25) is 0 Å². The van der Waals surface area contributed by atoms with Crippen LogP contribution < -0.4 is 9.64 Å². The Hall–Kier alpha value is -2.16. The molecule has 0 amide bonds. The molecular formula is C29H31N2NaO3S2. The van der Waals surface area contributed by atoms with Crippen LogP contribution in [0.1, 0.15) is 53.4 Å². The maximum absolute atomic E-state index is 11.8. The number of thiazole rings is 1. The van der Waals surface area contributed by atoms with Gasteiger partial charge in [0.05, 0.1) is 23.9 Å². The van der Waals surface area contributed by atoms with E-state index in [1.54, 1.807) is 34.8 Å². The van der Waals surface area contributed by atoms with E-state index in [2.05, 4.69) is 40.8 Å². The molecule has 1 N–H and O–H groups in total. The third kappa shape index (κ3) is 7.24.